The molecular formula is C75H100BrCl2IN14O2S4. The molecule has 0 unspecified atom stereocenters. The summed E-state index contributed by atoms with van der Waals surface area (Å²) in [6, 6.07) is 36.9. The Morgan fingerprint density at radius 1 is 0.495 bits per heavy atom. The molecule has 0 radical (unpaired) electrons. The van der Waals surface area contributed by atoms with E-state index in [2.05, 4.69) is 145 Å². The van der Waals surface area contributed by atoms with Gasteiger partial charge in [-0.1, -0.05) is 34.1 Å². The Bertz CT molecular complexity index is 3890. The SMILES string of the molecule is Brc1ccc2[nH]cc(CCN3CCCC3)c2c1.CCO.CO.CSC(=N)c1cccs1.Cl.Cl.I.NC(=Nc1ccc2[nH]cc(CCN3CCCC3)c2c1)c1cccs1.NC(=Nc1ccc2[nH]cc(CCN3CCCC3)c2c1)c1cccs1.Nc1ccc2[nH]cc(CCN3CCCC3)c2c1. The molecule has 13 N–H and O–H groups in total. The van der Waals surface area contributed by atoms with Crippen molar-refractivity contribution in [2.24, 2.45) is 21.5 Å². The van der Waals surface area contributed by atoms with Gasteiger partial charge in [-0.15, -0.1) is 94.6 Å². The molecule has 0 bridgehead atoms. The number of H-pyrrole nitrogens is 4. The summed E-state index contributed by atoms with van der Waals surface area (Å²) in [6.45, 7) is 16.7. The van der Waals surface area contributed by atoms with Crippen LogP contribution in [0.3, 0.4) is 0 Å². The molecule has 11 aromatic rings. The first kappa shape index (κ1) is 82.4. The number of rotatable bonds is 17. The molecule has 4 fully saturated rings. The van der Waals surface area contributed by atoms with Crippen LogP contribution in [-0.2, 0) is 25.7 Å². The highest BCUT2D eigenvalue weighted by Gasteiger charge is 2.17. The number of fused-ring (bicyclic) bond motifs is 4. The van der Waals surface area contributed by atoms with E-state index >= 15 is 0 Å². The predicted molar refractivity (Wildman–Crippen MR) is 448 cm³/mol. The van der Waals surface area contributed by atoms with Crippen LogP contribution in [0.15, 0.2) is 165 Å². The van der Waals surface area contributed by atoms with Crippen molar-refractivity contribution in [1.82, 2.24) is 39.5 Å². The highest BCUT2D eigenvalue weighted by atomic mass is 127. The van der Waals surface area contributed by atoms with E-state index in [1.54, 1.807) is 40.9 Å². The number of aliphatic hydroxyl groups is 2. The zero-order valence-corrected chi connectivity index (χ0v) is 66.0. The van der Waals surface area contributed by atoms with Crippen molar-refractivity contribution >= 4 is 188 Å². The Morgan fingerprint density at radius 2 is 0.798 bits per heavy atom. The number of aromatic nitrogens is 4. The molecule has 4 aromatic carbocycles. The van der Waals surface area contributed by atoms with E-state index in [4.69, 9.17) is 32.8 Å². The van der Waals surface area contributed by atoms with Crippen molar-refractivity contribution < 1.29 is 10.2 Å². The van der Waals surface area contributed by atoms with Gasteiger partial charge in [0.05, 0.1) is 26.0 Å². The number of aliphatic imine (C=N–C) groups is 2. The second-order valence-corrected chi connectivity index (χ2v) is 28.8. The first-order chi connectivity index (χ1) is 47.0. The lowest BCUT2D eigenvalue weighted by molar-refractivity contribution is 0.318. The molecule has 16 nitrogen and oxygen atoms in total. The number of halogens is 4. The fourth-order valence-electron chi connectivity index (χ4n) is 12.5. The molecule has 0 spiro atoms. The summed E-state index contributed by atoms with van der Waals surface area (Å²) in [4.78, 5) is 35.9. The van der Waals surface area contributed by atoms with Crippen LogP contribution in [-0.4, -0.2) is 165 Å². The van der Waals surface area contributed by atoms with Crippen LogP contribution in [0.1, 0.15) is 95.2 Å². The molecule has 15 rings (SSSR count). The lowest BCUT2D eigenvalue weighted by Gasteiger charge is -2.13. The van der Waals surface area contributed by atoms with Crippen LogP contribution in [0.25, 0.3) is 43.6 Å². The van der Waals surface area contributed by atoms with Crippen molar-refractivity contribution in [2.45, 2.75) is 84.0 Å². The van der Waals surface area contributed by atoms with Gasteiger partial charge in [-0.25, -0.2) is 9.98 Å². The van der Waals surface area contributed by atoms with Gasteiger partial charge >= 0.3 is 0 Å². The molecule has 99 heavy (non-hydrogen) atoms. The Kier molecular flexibility index (Phi) is 36.7. The summed E-state index contributed by atoms with van der Waals surface area (Å²) in [5.74, 6) is 1.16. The lowest BCUT2D eigenvalue weighted by Crippen LogP contribution is -2.21. The molecule has 0 saturated carbocycles. The summed E-state index contributed by atoms with van der Waals surface area (Å²) in [6.07, 6.45) is 25.7. The molecule has 7 aromatic heterocycles. The smallest absolute Gasteiger partial charge is 0.141 e. The summed E-state index contributed by atoms with van der Waals surface area (Å²) in [5, 5.41) is 33.8. The fourth-order valence-corrected chi connectivity index (χ4v) is 15.4. The van der Waals surface area contributed by atoms with Crippen LogP contribution in [0.5, 0.6) is 0 Å². The molecule has 4 aliphatic heterocycles. The third-order valence-electron chi connectivity index (χ3n) is 17.6. The number of aromatic amines is 4. The number of anilines is 1. The molecule has 534 valence electrons. The number of thiophene rings is 3. The number of nitrogens with zero attached hydrogens (tertiary/aromatic N) is 6. The standard InChI is InChI=1S/2C19H22N4S.C14H17BrN2.C14H19N3.C6H7NS2.C2H6O.CH4O.2ClH.HI/c2*20-19(18-4-3-11-24-18)22-15-5-6-17-16(12-15)14(13-21-17)7-10-23-8-1-2-9-23;2*15-12-3-4-14-13(9-12)11(10-16-14)5-8-17-6-1-2-7-17;1-8-6(7)5-3-2-4-9-5;1-2-3;1-2;;;/h2*3-6,11-13,21H,1-2,7-10H2,(H2,20,22);3-4,9-10,16H,1-2,5-8H2;3-4,9-10,16H,1-2,5-8,15H2;2-4,7H,1H3;3H,2H2,1H3;2H,1H3;3*1H. The van der Waals surface area contributed by atoms with Crippen LogP contribution in [0, 0.1) is 5.41 Å². The van der Waals surface area contributed by atoms with Crippen LogP contribution in [0.4, 0.5) is 17.1 Å². The van der Waals surface area contributed by atoms with E-state index < -0.39 is 0 Å². The number of likely N-dealkylation sites (tertiary alicyclic amines) is 4. The quantitative estimate of drug-likeness (QED) is 0.0179. The van der Waals surface area contributed by atoms with Gasteiger partial charge < -0.3 is 66.9 Å². The van der Waals surface area contributed by atoms with E-state index in [-0.39, 0.29) is 55.4 Å². The molecule has 0 amide bonds. The minimum absolute atomic E-state index is 0. The normalized spacial score (nSPS) is 14.8. The van der Waals surface area contributed by atoms with Crippen LogP contribution < -0.4 is 17.2 Å². The Labute approximate surface area is 638 Å². The Balaban J connectivity index is 0.000000195. The molecule has 11 heterocycles. The number of aliphatic hydroxyl groups excluding tert-OH is 2. The Hall–Kier alpha value is -5.55. The minimum atomic E-state index is 0. The second kappa shape index (κ2) is 44.1. The van der Waals surface area contributed by atoms with Crippen LogP contribution >= 0.6 is 110 Å². The number of nitrogens with two attached hydrogens (primary N) is 3. The average molecular weight is 1640 g/mol. The van der Waals surface area contributed by atoms with Crippen LogP contribution in [0.2, 0.25) is 0 Å². The molecule has 4 aliphatic rings. The van der Waals surface area contributed by atoms with E-state index in [1.807, 2.05) is 77.0 Å². The van der Waals surface area contributed by atoms with Crippen molar-refractivity contribution in [1.29, 1.82) is 5.41 Å². The summed E-state index contributed by atoms with van der Waals surface area (Å²) < 4.78 is 1.16. The molecular weight excluding hydrogens is 1530 g/mol. The summed E-state index contributed by atoms with van der Waals surface area (Å²) in [5.41, 5.74) is 31.1. The maximum atomic E-state index is 7.57. The van der Waals surface area contributed by atoms with Gasteiger partial charge in [0.25, 0.3) is 0 Å². The average Bonchev–Trinajstić information content (AvgIpc) is 1.71. The monoisotopic (exact) mass is 1630 g/mol. The van der Waals surface area contributed by atoms with E-state index in [0.29, 0.717) is 16.7 Å². The van der Waals surface area contributed by atoms with Gasteiger partial charge in [0.2, 0.25) is 0 Å². The molecule has 4 saturated heterocycles. The lowest BCUT2D eigenvalue weighted by atomic mass is 10.1. The summed E-state index contributed by atoms with van der Waals surface area (Å²) >= 11 is 9.86. The van der Waals surface area contributed by atoms with Crippen molar-refractivity contribution in [3.05, 3.63) is 191 Å². The maximum Gasteiger partial charge on any atom is 0.141 e. The Morgan fingerprint density at radius 3 is 1.12 bits per heavy atom. The van der Waals surface area contributed by atoms with E-state index in [9.17, 15) is 0 Å². The first-order valence-electron chi connectivity index (χ1n) is 33.7. The highest BCUT2D eigenvalue weighted by molar-refractivity contribution is 14.0. The zero-order chi connectivity index (χ0) is 67.4. The topological polar surface area (TPSA) is 243 Å². The second-order valence-electron chi connectivity index (χ2n) is 24.2. The summed E-state index contributed by atoms with van der Waals surface area (Å²) in [7, 11) is 1.00. The maximum absolute atomic E-state index is 7.57. The number of hydrogen-bond acceptors (Lipinski definition) is 14. The third-order valence-corrected chi connectivity index (χ3v) is 21.5. The number of nitrogen functional groups attached to an aromatic ring is 1. The number of amidine groups is 2. The number of benzene rings is 4. The van der Waals surface area contributed by atoms with Crippen molar-refractivity contribution in [3.8, 4) is 0 Å². The van der Waals surface area contributed by atoms with Gasteiger partial charge in [-0.05, 0) is 272 Å². The van der Waals surface area contributed by atoms with Gasteiger partial charge in [-0.3, -0.25) is 5.41 Å². The van der Waals surface area contributed by atoms with Gasteiger partial charge in [0.1, 0.15) is 16.7 Å². The third kappa shape index (κ3) is 25.1. The van der Waals surface area contributed by atoms with Gasteiger partial charge in [0, 0.05) is 118 Å². The predicted octanol–water partition coefficient (Wildman–Crippen LogP) is 17.3. The minimum Gasteiger partial charge on any atom is -0.400 e. The van der Waals surface area contributed by atoms with Gasteiger partial charge in [-0.2, -0.15) is 0 Å². The molecule has 24 heteroatoms. The zero-order valence-electron chi connectivity index (χ0n) is 57.2. The van der Waals surface area contributed by atoms with E-state index in [1.165, 1.54) is 194 Å². The van der Waals surface area contributed by atoms with Crippen molar-refractivity contribution in [2.75, 3.05) is 104 Å². The van der Waals surface area contributed by atoms with Crippen molar-refractivity contribution in [3.63, 3.8) is 0 Å². The first-order valence-corrected chi connectivity index (χ1v) is 38.3. The highest BCUT2D eigenvalue weighted by Crippen LogP contribution is 2.29. The number of hydrogen-bond donors (Lipinski definition) is 10. The number of thioether (sulfide) groups is 1. The largest absolute Gasteiger partial charge is 0.400 e. The fraction of sp³-hybridized carbons (Fsp3) is 0.373. The number of nitrogens with one attached hydrogen (secondary N) is 5. The van der Waals surface area contributed by atoms with Gasteiger partial charge in [0.15, 0.2) is 0 Å². The van der Waals surface area contributed by atoms with E-state index in [0.717, 1.165) is 82.0 Å². The molecule has 0 aliphatic carbocycles. The molecule has 0 atom stereocenters.